The van der Waals surface area contributed by atoms with Crippen molar-refractivity contribution in [3.05, 3.63) is 59.4 Å². The van der Waals surface area contributed by atoms with Crippen LogP contribution in [0.5, 0.6) is 0 Å². The van der Waals surface area contributed by atoms with Crippen LogP contribution in [0, 0.1) is 5.82 Å². The highest BCUT2D eigenvalue weighted by Crippen LogP contribution is 2.38. The van der Waals surface area contributed by atoms with Crippen LogP contribution in [0.25, 0.3) is 0 Å². The van der Waals surface area contributed by atoms with Gasteiger partial charge in [-0.15, -0.1) is 0 Å². The van der Waals surface area contributed by atoms with Crippen molar-refractivity contribution in [1.29, 1.82) is 0 Å². The summed E-state index contributed by atoms with van der Waals surface area (Å²) in [6.45, 7) is 3.51. The molecule has 2 aromatic rings. The second-order valence-electron chi connectivity index (χ2n) is 7.74. The van der Waals surface area contributed by atoms with Gasteiger partial charge < -0.3 is 14.7 Å². The van der Waals surface area contributed by atoms with E-state index in [4.69, 9.17) is 4.74 Å². The van der Waals surface area contributed by atoms with E-state index >= 15 is 4.39 Å². The van der Waals surface area contributed by atoms with Crippen LogP contribution in [-0.2, 0) is 17.7 Å². The molecule has 0 radical (unpaired) electrons. The number of nitrogens with zero attached hydrogens (tertiary/aromatic N) is 4. The average Bonchev–Trinajstić information content (AvgIpc) is 3.35. The van der Waals surface area contributed by atoms with E-state index in [-0.39, 0.29) is 23.0 Å². The van der Waals surface area contributed by atoms with Gasteiger partial charge in [0, 0.05) is 13.1 Å². The molecule has 0 aliphatic carbocycles. The molecule has 1 saturated heterocycles. The predicted octanol–water partition coefficient (Wildman–Crippen LogP) is 4.02. The number of rotatable bonds is 5. The number of aliphatic hydroxyl groups excluding tert-OH is 1. The molecule has 32 heavy (non-hydrogen) atoms. The molecular weight excluding hydrogens is 451 g/mol. The number of hydrogen-bond acceptors (Lipinski definition) is 8. The smallest absolute Gasteiger partial charge is 0.416 e. The number of carbonyl (C=O) groups excluding carboxylic acids is 1. The van der Waals surface area contributed by atoms with Gasteiger partial charge in [0.2, 0.25) is 6.23 Å². The van der Waals surface area contributed by atoms with Crippen molar-refractivity contribution in [2.75, 3.05) is 28.8 Å². The highest BCUT2D eigenvalue weighted by Gasteiger charge is 2.41. The van der Waals surface area contributed by atoms with E-state index in [1.54, 1.807) is 17.1 Å². The number of thioether (sulfide) groups is 2. The lowest BCUT2D eigenvalue weighted by Gasteiger charge is -2.31. The number of benzene rings is 2. The van der Waals surface area contributed by atoms with Crippen LogP contribution in [0.1, 0.15) is 18.1 Å². The SMILES string of the molecule is CC1=NN(C2CN(c3ccc(N4CCc5ccccc5C4)c(F)c3)C(=O)O2)C(SCO)S1. The molecule has 7 nitrogen and oxygen atoms in total. The topological polar surface area (TPSA) is 68.6 Å². The molecule has 2 aromatic carbocycles. The number of halogens is 1. The van der Waals surface area contributed by atoms with E-state index in [2.05, 4.69) is 17.2 Å². The Morgan fingerprint density at radius 1 is 1.28 bits per heavy atom. The fourth-order valence-corrected chi connectivity index (χ4v) is 6.29. The minimum atomic E-state index is -0.599. The summed E-state index contributed by atoms with van der Waals surface area (Å²) in [5, 5.41) is 16.2. The maximum atomic E-state index is 15.1. The van der Waals surface area contributed by atoms with Gasteiger partial charge in [0.15, 0.2) is 0 Å². The lowest BCUT2D eigenvalue weighted by atomic mass is 9.99. The number of hydrazone groups is 1. The first-order valence-corrected chi connectivity index (χ1v) is 12.3. The standard InChI is InChI=1S/C22H23FN4O3S2/c1-14-24-27(22(32-14)31-13-28)20-12-26(21(29)30-20)17-6-7-19(18(23)10-17)25-9-8-15-4-2-3-5-16(15)11-25/h2-7,10,20,22,28H,8-9,11-13H2,1H3. The van der Waals surface area contributed by atoms with Crippen molar-refractivity contribution >= 4 is 46.0 Å². The molecule has 3 heterocycles. The summed E-state index contributed by atoms with van der Waals surface area (Å²) in [6.07, 6.45) is -0.262. The fourth-order valence-electron chi connectivity index (χ4n) is 4.23. The molecule has 10 heteroatoms. The van der Waals surface area contributed by atoms with Crippen molar-refractivity contribution in [2.45, 2.75) is 30.8 Å². The summed E-state index contributed by atoms with van der Waals surface area (Å²) in [4.78, 5) is 16.0. The van der Waals surface area contributed by atoms with E-state index in [0.29, 0.717) is 17.9 Å². The van der Waals surface area contributed by atoms with Crippen molar-refractivity contribution < 1.29 is 19.0 Å². The van der Waals surface area contributed by atoms with Crippen LogP contribution in [0.15, 0.2) is 47.6 Å². The normalized spacial score (nSPS) is 22.8. The van der Waals surface area contributed by atoms with Gasteiger partial charge in [-0.2, -0.15) is 5.10 Å². The molecule has 1 amide bonds. The summed E-state index contributed by atoms with van der Waals surface area (Å²) < 4.78 is 20.5. The molecular formula is C22H23FN4O3S2. The number of hydrogen-bond donors (Lipinski definition) is 1. The lowest BCUT2D eigenvalue weighted by Crippen LogP contribution is -2.37. The number of cyclic esters (lactones) is 1. The molecule has 5 rings (SSSR count). The molecule has 0 spiro atoms. The van der Waals surface area contributed by atoms with Gasteiger partial charge >= 0.3 is 6.09 Å². The molecule has 0 aromatic heterocycles. The van der Waals surface area contributed by atoms with Crippen molar-refractivity contribution in [3.8, 4) is 0 Å². The first-order valence-electron chi connectivity index (χ1n) is 10.4. The predicted molar refractivity (Wildman–Crippen MR) is 126 cm³/mol. The summed E-state index contributed by atoms with van der Waals surface area (Å²) in [5.74, 6) is -0.424. The monoisotopic (exact) mass is 474 g/mol. The van der Waals surface area contributed by atoms with Gasteiger partial charge in [-0.05, 0) is 42.7 Å². The van der Waals surface area contributed by atoms with E-state index < -0.39 is 12.3 Å². The zero-order valence-electron chi connectivity index (χ0n) is 17.5. The van der Waals surface area contributed by atoms with Crippen LogP contribution < -0.4 is 9.80 Å². The summed E-state index contributed by atoms with van der Waals surface area (Å²) in [5.41, 5.74) is 3.50. The molecule has 2 atom stereocenters. The van der Waals surface area contributed by atoms with Gasteiger partial charge in [-0.25, -0.2) is 14.2 Å². The Hall–Kier alpha value is -2.43. The Morgan fingerprint density at radius 2 is 2.09 bits per heavy atom. The highest BCUT2D eigenvalue weighted by molar-refractivity contribution is 8.25. The fraction of sp³-hybridized carbons (Fsp3) is 0.364. The second kappa shape index (κ2) is 8.84. The first kappa shape index (κ1) is 21.4. The molecule has 2 unspecified atom stereocenters. The minimum absolute atomic E-state index is 0.0605. The quantitative estimate of drug-likeness (QED) is 0.657. The summed E-state index contributed by atoms with van der Waals surface area (Å²) >= 11 is 2.81. The van der Waals surface area contributed by atoms with Gasteiger partial charge in [-0.3, -0.25) is 4.90 Å². The van der Waals surface area contributed by atoms with E-state index in [1.165, 1.54) is 45.6 Å². The van der Waals surface area contributed by atoms with E-state index in [0.717, 1.165) is 18.0 Å². The first-order chi connectivity index (χ1) is 15.5. The lowest BCUT2D eigenvalue weighted by molar-refractivity contribution is 0.0331. The molecule has 1 N–H and O–H groups in total. The van der Waals surface area contributed by atoms with Gasteiger partial charge in [0.05, 0.1) is 28.9 Å². The van der Waals surface area contributed by atoms with Crippen LogP contribution in [0.2, 0.25) is 0 Å². The second-order valence-corrected chi connectivity index (χ2v) is 10.4. The molecule has 168 valence electrons. The molecule has 3 aliphatic heterocycles. The summed E-state index contributed by atoms with van der Waals surface area (Å²) in [7, 11) is 0. The third-order valence-electron chi connectivity index (χ3n) is 5.77. The molecule has 1 fully saturated rings. The third kappa shape index (κ3) is 4.02. The minimum Gasteiger partial charge on any atom is -0.421 e. The number of aliphatic hydroxyl groups is 1. The van der Waals surface area contributed by atoms with Crippen molar-refractivity contribution in [2.24, 2.45) is 5.10 Å². The number of fused-ring (bicyclic) bond motifs is 1. The zero-order valence-corrected chi connectivity index (χ0v) is 19.1. The van der Waals surface area contributed by atoms with Gasteiger partial charge in [0.25, 0.3) is 0 Å². The maximum Gasteiger partial charge on any atom is 0.416 e. The van der Waals surface area contributed by atoms with Crippen LogP contribution >= 0.6 is 23.5 Å². The average molecular weight is 475 g/mol. The zero-order chi connectivity index (χ0) is 22.2. The van der Waals surface area contributed by atoms with Gasteiger partial charge in [0.1, 0.15) is 10.5 Å². The number of anilines is 2. The molecule has 0 bridgehead atoms. The summed E-state index contributed by atoms with van der Waals surface area (Å²) in [6, 6.07) is 13.1. The maximum absolute atomic E-state index is 15.1. The Labute approximate surface area is 194 Å². The molecule has 3 aliphatic rings. The largest absolute Gasteiger partial charge is 0.421 e. The highest BCUT2D eigenvalue weighted by atomic mass is 32.2. The van der Waals surface area contributed by atoms with Crippen molar-refractivity contribution in [3.63, 3.8) is 0 Å². The number of carbonyl (C=O) groups is 1. The Kier molecular flexibility index (Phi) is 5.92. The Balaban J connectivity index is 1.32. The van der Waals surface area contributed by atoms with Gasteiger partial charge in [-0.1, -0.05) is 47.8 Å². The Bertz CT molecular complexity index is 1070. The Morgan fingerprint density at radius 3 is 2.88 bits per heavy atom. The number of amides is 1. The van der Waals surface area contributed by atoms with Crippen LogP contribution in [0.4, 0.5) is 20.6 Å². The third-order valence-corrected chi connectivity index (χ3v) is 7.95. The molecule has 0 saturated carbocycles. The van der Waals surface area contributed by atoms with E-state index in [9.17, 15) is 9.90 Å². The van der Waals surface area contributed by atoms with Crippen LogP contribution in [0.3, 0.4) is 0 Å². The van der Waals surface area contributed by atoms with E-state index in [1.807, 2.05) is 24.0 Å². The number of ether oxygens (including phenoxy) is 1. The van der Waals surface area contributed by atoms with Crippen molar-refractivity contribution in [1.82, 2.24) is 5.01 Å². The van der Waals surface area contributed by atoms with Crippen LogP contribution in [-0.4, -0.2) is 51.2 Å².